The summed E-state index contributed by atoms with van der Waals surface area (Å²) in [4.78, 5) is 0. The fraction of sp³-hybridized carbons (Fsp3) is 0.200. The van der Waals surface area contributed by atoms with Crippen LogP contribution in [0.4, 0.5) is 14.5 Å². The first-order valence-corrected chi connectivity index (χ1v) is 6.84. The summed E-state index contributed by atoms with van der Waals surface area (Å²) in [6.07, 6.45) is 0. The Kier molecular flexibility index (Phi) is 5.09. The summed E-state index contributed by atoms with van der Waals surface area (Å²) in [5.74, 6) is -1.23. The fourth-order valence-corrected chi connectivity index (χ4v) is 2.19. The Balaban J connectivity index is 2.08. The van der Waals surface area contributed by atoms with E-state index in [4.69, 9.17) is 4.74 Å². The summed E-state index contributed by atoms with van der Waals surface area (Å²) in [6, 6.07) is 10.0. The van der Waals surface area contributed by atoms with Gasteiger partial charge in [-0.05, 0) is 33.1 Å². The first-order chi connectivity index (χ1) is 9.60. The smallest absolute Gasteiger partial charge is 0.149 e. The standard InChI is InChI=1S/C15H14BrF2NO/c1-20-9-11-4-2-3-10(5-11)8-19-15-6-12(16)13(17)7-14(15)18/h2-7,19H,8-9H2,1H3. The number of anilines is 1. The maximum absolute atomic E-state index is 13.6. The lowest BCUT2D eigenvalue weighted by molar-refractivity contribution is 0.185. The molecular weight excluding hydrogens is 328 g/mol. The van der Waals surface area contributed by atoms with Crippen molar-refractivity contribution in [1.82, 2.24) is 0 Å². The second-order valence-corrected chi connectivity index (χ2v) is 5.21. The molecule has 106 valence electrons. The summed E-state index contributed by atoms with van der Waals surface area (Å²) in [7, 11) is 1.64. The van der Waals surface area contributed by atoms with Gasteiger partial charge in [-0.2, -0.15) is 0 Å². The van der Waals surface area contributed by atoms with Gasteiger partial charge in [0.1, 0.15) is 11.6 Å². The van der Waals surface area contributed by atoms with E-state index in [1.54, 1.807) is 7.11 Å². The van der Waals surface area contributed by atoms with Crippen molar-refractivity contribution in [2.45, 2.75) is 13.2 Å². The highest BCUT2D eigenvalue weighted by Gasteiger charge is 2.08. The first kappa shape index (κ1) is 14.9. The number of benzene rings is 2. The van der Waals surface area contributed by atoms with Gasteiger partial charge in [-0.3, -0.25) is 0 Å². The third-order valence-electron chi connectivity index (χ3n) is 2.80. The molecule has 0 aliphatic heterocycles. The van der Waals surface area contributed by atoms with Gasteiger partial charge < -0.3 is 10.1 Å². The van der Waals surface area contributed by atoms with Crippen LogP contribution in [0, 0.1) is 11.6 Å². The van der Waals surface area contributed by atoms with E-state index in [9.17, 15) is 8.78 Å². The van der Waals surface area contributed by atoms with Crippen LogP contribution in [-0.4, -0.2) is 7.11 Å². The lowest BCUT2D eigenvalue weighted by Gasteiger charge is -2.10. The minimum absolute atomic E-state index is 0.231. The molecule has 0 saturated carbocycles. The number of rotatable bonds is 5. The Labute approximate surface area is 124 Å². The minimum Gasteiger partial charge on any atom is -0.380 e. The predicted octanol–water partition coefficient (Wildman–Crippen LogP) is 4.49. The molecule has 0 unspecified atom stereocenters. The third kappa shape index (κ3) is 3.77. The quantitative estimate of drug-likeness (QED) is 0.809. The molecule has 5 heteroatoms. The zero-order valence-corrected chi connectivity index (χ0v) is 12.5. The number of halogens is 3. The predicted molar refractivity (Wildman–Crippen MR) is 78.5 cm³/mol. The van der Waals surface area contributed by atoms with E-state index < -0.39 is 11.6 Å². The SMILES string of the molecule is COCc1cccc(CNc2cc(Br)c(F)cc2F)c1. The van der Waals surface area contributed by atoms with Crippen molar-refractivity contribution in [2.24, 2.45) is 0 Å². The van der Waals surface area contributed by atoms with E-state index in [0.717, 1.165) is 17.2 Å². The van der Waals surface area contributed by atoms with Gasteiger partial charge in [0.05, 0.1) is 16.8 Å². The molecule has 0 aliphatic rings. The Morgan fingerprint density at radius 1 is 1.10 bits per heavy atom. The maximum Gasteiger partial charge on any atom is 0.149 e. The van der Waals surface area contributed by atoms with Gasteiger partial charge in [0.25, 0.3) is 0 Å². The summed E-state index contributed by atoms with van der Waals surface area (Å²) in [6.45, 7) is 0.983. The van der Waals surface area contributed by atoms with Crippen molar-refractivity contribution in [1.29, 1.82) is 0 Å². The number of methoxy groups -OCH3 is 1. The Morgan fingerprint density at radius 3 is 2.60 bits per heavy atom. The van der Waals surface area contributed by atoms with Crippen molar-refractivity contribution < 1.29 is 13.5 Å². The van der Waals surface area contributed by atoms with Crippen LogP contribution in [0.2, 0.25) is 0 Å². The molecule has 2 nitrogen and oxygen atoms in total. The molecule has 0 aromatic heterocycles. The number of hydrogen-bond acceptors (Lipinski definition) is 2. The maximum atomic E-state index is 13.6. The van der Waals surface area contributed by atoms with Crippen LogP contribution in [0.15, 0.2) is 40.9 Å². The molecule has 0 fully saturated rings. The summed E-state index contributed by atoms with van der Waals surface area (Å²) in [5.41, 5.74) is 2.31. The molecule has 1 N–H and O–H groups in total. The lowest BCUT2D eigenvalue weighted by Crippen LogP contribution is -2.03. The van der Waals surface area contributed by atoms with Gasteiger partial charge in [0.2, 0.25) is 0 Å². The van der Waals surface area contributed by atoms with E-state index >= 15 is 0 Å². The van der Waals surface area contributed by atoms with Crippen LogP contribution in [0.3, 0.4) is 0 Å². The van der Waals surface area contributed by atoms with E-state index in [-0.39, 0.29) is 10.2 Å². The Morgan fingerprint density at radius 2 is 1.85 bits per heavy atom. The second kappa shape index (κ2) is 6.81. The van der Waals surface area contributed by atoms with Crippen molar-refractivity contribution in [3.05, 3.63) is 63.6 Å². The highest BCUT2D eigenvalue weighted by molar-refractivity contribution is 9.10. The van der Waals surface area contributed by atoms with E-state index in [2.05, 4.69) is 21.2 Å². The van der Waals surface area contributed by atoms with Crippen molar-refractivity contribution in [3.8, 4) is 0 Å². The van der Waals surface area contributed by atoms with Gasteiger partial charge >= 0.3 is 0 Å². The third-order valence-corrected chi connectivity index (χ3v) is 3.40. The monoisotopic (exact) mass is 341 g/mol. The zero-order chi connectivity index (χ0) is 14.5. The summed E-state index contributed by atoms with van der Waals surface area (Å²) >= 11 is 3.04. The molecule has 0 atom stereocenters. The van der Waals surface area contributed by atoms with Crippen molar-refractivity contribution >= 4 is 21.6 Å². The van der Waals surface area contributed by atoms with Crippen LogP contribution in [0.25, 0.3) is 0 Å². The van der Waals surface area contributed by atoms with Crippen LogP contribution in [-0.2, 0) is 17.9 Å². The lowest BCUT2D eigenvalue weighted by atomic mass is 10.1. The van der Waals surface area contributed by atoms with Crippen LogP contribution in [0.5, 0.6) is 0 Å². The number of ether oxygens (including phenoxy) is 1. The highest BCUT2D eigenvalue weighted by Crippen LogP contribution is 2.24. The average Bonchev–Trinajstić information content (AvgIpc) is 2.42. The Bertz CT molecular complexity index is 604. The molecule has 0 aliphatic carbocycles. The molecule has 0 amide bonds. The average molecular weight is 342 g/mol. The minimum atomic E-state index is -0.616. The van der Waals surface area contributed by atoms with E-state index in [1.165, 1.54) is 6.07 Å². The van der Waals surface area contributed by atoms with Gasteiger partial charge in [-0.15, -0.1) is 0 Å². The molecule has 2 aromatic carbocycles. The van der Waals surface area contributed by atoms with Crippen molar-refractivity contribution in [2.75, 3.05) is 12.4 Å². The fourth-order valence-electron chi connectivity index (χ4n) is 1.85. The molecule has 0 heterocycles. The number of nitrogens with one attached hydrogen (secondary N) is 1. The first-order valence-electron chi connectivity index (χ1n) is 6.05. The van der Waals surface area contributed by atoms with E-state index in [0.29, 0.717) is 13.2 Å². The van der Waals surface area contributed by atoms with Crippen LogP contribution in [0.1, 0.15) is 11.1 Å². The zero-order valence-electron chi connectivity index (χ0n) is 10.9. The van der Waals surface area contributed by atoms with Gasteiger partial charge in [-0.25, -0.2) is 8.78 Å². The largest absolute Gasteiger partial charge is 0.380 e. The molecule has 2 aromatic rings. The second-order valence-electron chi connectivity index (χ2n) is 4.35. The van der Waals surface area contributed by atoms with Crippen molar-refractivity contribution in [3.63, 3.8) is 0 Å². The van der Waals surface area contributed by atoms with Gasteiger partial charge in [0.15, 0.2) is 0 Å². The molecular formula is C15H14BrF2NO. The van der Waals surface area contributed by atoms with Crippen LogP contribution >= 0.6 is 15.9 Å². The van der Waals surface area contributed by atoms with Gasteiger partial charge in [-0.1, -0.05) is 24.3 Å². The molecule has 0 radical (unpaired) electrons. The topological polar surface area (TPSA) is 21.3 Å². The molecule has 0 bridgehead atoms. The normalized spacial score (nSPS) is 10.6. The van der Waals surface area contributed by atoms with Gasteiger partial charge in [0, 0.05) is 19.7 Å². The Hall–Kier alpha value is -1.46. The molecule has 0 saturated heterocycles. The van der Waals surface area contributed by atoms with E-state index in [1.807, 2.05) is 24.3 Å². The molecule has 20 heavy (non-hydrogen) atoms. The summed E-state index contributed by atoms with van der Waals surface area (Å²) in [5, 5.41) is 2.95. The molecule has 0 spiro atoms. The highest BCUT2D eigenvalue weighted by atomic mass is 79.9. The number of hydrogen-bond donors (Lipinski definition) is 1. The summed E-state index contributed by atoms with van der Waals surface area (Å²) < 4.78 is 32.0. The molecule has 2 rings (SSSR count). The van der Waals surface area contributed by atoms with Crippen LogP contribution < -0.4 is 5.32 Å².